The zero-order valence-corrected chi connectivity index (χ0v) is 16.7. The average Bonchev–Trinajstić information content (AvgIpc) is 3.05. The first-order valence-electron chi connectivity index (χ1n) is 9.64. The molecule has 4 N–H and O–H groups in total. The van der Waals surface area contributed by atoms with Crippen LogP contribution in [0.2, 0.25) is 0 Å². The van der Waals surface area contributed by atoms with Crippen LogP contribution in [-0.4, -0.2) is 52.8 Å². The van der Waals surface area contributed by atoms with Gasteiger partial charge in [-0.25, -0.2) is 9.59 Å². The van der Waals surface area contributed by atoms with E-state index in [1.165, 1.54) is 6.92 Å². The predicted molar refractivity (Wildman–Crippen MR) is 109 cm³/mol. The zero-order valence-electron chi connectivity index (χ0n) is 16.7. The van der Waals surface area contributed by atoms with Crippen LogP contribution < -0.4 is 10.6 Å². The quantitative estimate of drug-likeness (QED) is 0.505. The summed E-state index contributed by atoms with van der Waals surface area (Å²) in [5.41, 5.74) is 4.25. The molecule has 2 aromatic carbocycles. The third-order valence-electron chi connectivity index (χ3n) is 5.06. The van der Waals surface area contributed by atoms with Crippen molar-refractivity contribution in [1.29, 1.82) is 0 Å². The van der Waals surface area contributed by atoms with Crippen molar-refractivity contribution in [1.82, 2.24) is 10.6 Å². The number of carbonyl (C=O) groups excluding carboxylic acids is 2. The van der Waals surface area contributed by atoms with Crippen LogP contribution >= 0.6 is 0 Å². The third kappa shape index (κ3) is 5.00. The molecule has 0 heterocycles. The molecule has 0 saturated heterocycles. The van der Waals surface area contributed by atoms with E-state index >= 15 is 0 Å². The van der Waals surface area contributed by atoms with Crippen molar-refractivity contribution in [2.75, 3.05) is 6.61 Å². The summed E-state index contributed by atoms with van der Waals surface area (Å²) in [5.74, 6) is -3.83. The van der Waals surface area contributed by atoms with Gasteiger partial charge in [-0.1, -0.05) is 48.5 Å². The minimum absolute atomic E-state index is 0.0605. The maximum atomic E-state index is 12.2. The molecular formula is C22H22N2O7. The molecule has 0 spiro atoms. The fourth-order valence-corrected chi connectivity index (χ4v) is 3.55. The van der Waals surface area contributed by atoms with Crippen molar-refractivity contribution in [3.05, 3.63) is 59.7 Å². The van der Waals surface area contributed by atoms with Crippen molar-refractivity contribution in [2.45, 2.75) is 31.3 Å². The van der Waals surface area contributed by atoms with Crippen molar-refractivity contribution >= 4 is 23.9 Å². The van der Waals surface area contributed by atoms with Crippen molar-refractivity contribution in [3.63, 3.8) is 0 Å². The van der Waals surface area contributed by atoms with Crippen LogP contribution in [0.1, 0.15) is 30.4 Å². The number of carbonyl (C=O) groups is 4. The standard InChI is InChI=1S/C22H22N2O7/c1-12(20(27)24-18(21(28)29)10-19(25)26)23-22(30)31-11-17-15-8-4-2-6-13(15)14-7-3-5-9-16(14)17/h2-9,12,17-18H,10-11H2,1H3,(H,23,30)(H,24,27)(H,25,26)(H,28,29)/t12-,18+/m1/s1. The molecule has 2 amide bonds. The highest BCUT2D eigenvalue weighted by molar-refractivity contribution is 5.90. The van der Waals surface area contributed by atoms with Crippen molar-refractivity contribution in [3.8, 4) is 11.1 Å². The van der Waals surface area contributed by atoms with E-state index < -0.39 is 42.4 Å². The Morgan fingerprint density at radius 1 is 0.935 bits per heavy atom. The second-order valence-corrected chi connectivity index (χ2v) is 7.19. The molecule has 2 aromatic rings. The molecule has 0 saturated carbocycles. The van der Waals surface area contributed by atoms with Gasteiger partial charge in [0.15, 0.2) is 0 Å². The normalized spacial score (nSPS) is 14.0. The number of carboxylic acid groups (broad SMARTS) is 2. The smallest absolute Gasteiger partial charge is 0.407 e. The summed E-state index contributed by atoms with van der Waals surface area (Å²) >= 11 is 0. The molecule has 0 bridgehead atoms. The molecule has 0 radical (unpaired) electrons. The number of fused-ring (bicyclic) bond motifs is 3. The first kappa shape index (κ1) is 21.8. The van der Waals surface area contributed by atoms with Crippen molar-refractivity contribution < 1.29 is 34.1 Å². The van der Waals surface area contributed by atoms with E-state index in [4.69, 9.17) is 14.9 Å². The Kier molecular flexibility index (Phi) is 6.54. The summed E-state index contributed by atoms with van der Waals surface area (Å²) in [7, 11) is 0. The van der Waals surface area contributed by atoms with Crippen LogP contribution in [0, 0.1) is 0 Å². The van der Waals surface area contributed by atoms with Crippen LogP contribution in [0.4, 0.5) is 4.79 Å². The molecule has 1 aliphatic carbocycles. The number of ether oxygens (including phenoxy) is 1. The van der Waals surface area contributed by atoms with Gasteiger partial charge in [0.25, 0.3) is 0 Å². The summed E-state index contributed by atoms with van der Waals surface area (Å²) < 4.78 is 5.34. The number of benzene rings is 2. The Morgan fingerprint density at radius 3 is 2.00 bits per heavy atom. The van der Waals surface area contributed by atoms with E-state index in [0.29, 0.717) is 0 Å². The largest absolute Gasteiger partial charge is 0.481 e. The highest BCUT2D eigenvalue weighted by atomic mass is 16.5. The van der Waals surface area contributed by atoms with Gasteiger partial charge in [-0.2, -0.15) is 0 Å². The number of rotatable bonds is 8. The van der Waals surface area contributed by atoms with E-state index in [-0.39, 0.29) is 12.5 Å². The molecule has 2 atom stereocenters. The Morgan fingerprint density at radius 2 is 1.48 bits per heavy atom. The Bertz CT molecular complexity index is 975. The summed E-state index contributed by atoms with van der Waals surface area (Å²) in [5, 5.41) is 22.2. The van der Waals surface area contributed by atoms with Gasteiger partial charge in [-0.3, -0.25) is 9.59 Å². The third-order valence-corrected chi connectivity index (χ3v) is 5.06. The minimum Gasteiger partial charge on any atom is -0.481 e. The van der Waals surface area contributed by atoms with Gasteiger partial charge in [0.2, 0.25) is 5.91 Å². The number of nitrogens with one attached hydrogen (secondary N) is 2. The SMILES string of the molecule is C[C@@H](NC(=O)OCC1c2ccccc2-c2ccccc21)C(=O)N[C@@H](CC(=O)O)C(=O)O. The molecule has 9 heteroatoms. The summed E-state index contributed by atoms with van der Waals surface area (Å²) in [4.78, 5) is 46.1. The fourth-order valence-electron chi connectivity index (χ4n) is 3.55. The van der Waals surface area contributed by atoms with E-state index in [2.05, 4.69) is 10.6 Å². The monoisotopic (exact) mass is 426 g/mol. The zero-order chi connectivity index (χ0) is 22.5. The maximum Gasteiger partial charge on any atom is 0.407 e. The number of carboxylic acids is 2. The van der Waals surface area contributed by atoms with Gasteiger partial charge in [0.05, 0.1) is 6.42 Å². The van der Waals surface area contributed by atoms with Gasteiger partial charge in [0, 0.05) is 5.92 Å². The predicted octanol–water partition coefficient (Wildman–Crippen LogP) is 1.96. The van der Waals surface area contributed by atoms with Crippen LogP contribution in [-0.2, 0) is 19.1 Å². The number of hydrogen-bond donors (Lipinski definition) is 4. The van der Waals surface area contributed by atoms with Gasteiger partial charge in [-0.15, -0.1) is 0 Å². The molecule has 0 aliphatic heterocycles. The highest BCUT2D eigenvalue weighted by Crippen LogP contribution is 2.44. The molecule has 3 rings (SSSR count). The molecule has 9 nitrogen and oxygen atoms in total. The first-order chi connectivity index (χ1) is 14.8. The molecule has 31 heavy (non-hydrogen) atoms. The molecule has 0 unspecified atom stereocenters. The van der Waals surface area contributed by atoms with Gasteiger partial charge < -0.3 is 25.6 Å². The average molecular weight is 426 g/mol. The van der Waals surface area contributed by atoms with Crippen LogP contribution in [0.3, 0.4) is 0 Å². The van der Waals surface area contributed by atoms with E-state index in [1.54, 1.807) is 0 Å². The molecular weight excluding hydrogens is 404 g/mol. The van der Waals surface area contributed by atoms with Crippen LogP contribution in [0.5, 0.6) is 0 Å². The Labute approximate surface area is 178 Å². The number of amides is 2. The lowest BCUT2D eigenvalue weighted by atomic mass is 9.98. The topological polar surface area (TPSA) is 142 Å². The maximum absolute atomic E-state index is 12.2. The molecule has 0 fully saturated rings. The summed E-state index contributed by atoms with van der Waals surface area (Å²) in [6.45, 7) is 1.40. The lowest BCUT2D eigenvalue weighted by molar-refractivity contribution is -0.147. The molecule has 0 aromatic heterocycles. The molecule has 162 valence electrons. The Balaban J connectivity index is 1.58. The summed E-state index contributed by atoms with van der Waals surface area (Å²) in [6, 6.07) is 13.0. The second kappa shape index (κ2) is 9.29. The van der Waals surface area contributed by atoms with E-state index in [0.717, 1.165) is 22.3 Å². The van der Waals surface area contributed by atoms with E-state index in [1.807, 2.05) is 48.5 Å². The van der Waals surface area contributed by atoms with Crippen LogP contribution in [0.25, 0.3) is 11.1 Å². The lowest BCUT2D eigenvalue weighted by Crippen LogP contribution is -2.51. The number of aliphatic carboxylic acids is 2. The van der Waals surface area contributed by atoms with Gasteiger partial charge in [0.1, 0.15) is 18.7 Å². The highest BCUT2D eigenvalue weighted by Gasteiger charge is 2.30. The first-order valence-corrected chi connectivity index (χ1v) is 9.64. The van der Waals surface area contributed by atoms with E-state index in [9.17, 15) is 19.2 Å². The molecule has 1 aliphatic rings. The van der Waals surface area contributed by atoms with Crippen LogP contribution in [0.15, 0.2) is 48.5 Å². The van der Waals surface area contributed by atoms with Gasteiger partial charge in [-0.05, 0) is 29.2 Å². The fraction of sp³-hybridized carbons (Fsp3) is 0.273. The number of alkyl carbamates (subject to hydrolysis) is 1. The Hall–Kier alpha value is -3.88. The lowest BCUT2D eigenvalue weighted by Gasteiger charge is -2.19. The number of hydrogen-bond acceptors (Lipinski definition) is 5. The van der Waals surface area contributed by atoms with Crippen molar-refractivity contribution in [2.24, 2.45) is 0 Å². The second-order valence-electron chi connectivity index (χ2n) is 7.19. The minimum atomic E-state index is -1.60. The van der Waals surface area contributed by atoms with Gasteiger partial charge >= 0.3 is 18.0 Å². The summed E-state index contributed by atoms with van der Waals surface area (Å²) in [6.07, 6.45) is -1.62.